The molecule has 0 spiro atoms. The predicted molar refractivity (Wildman–Crippen MR) is 128 cm³/mol. The van der Waals surface area contributed by atoms with Gasteiger partial charge in [-0.25, -0.2) is 4.98 Å². The minimum absolute atomic E-state index is 0.00557. The zero-order chi connectivity index (χ0) is 26.9. The summed E-state index contributed by atoms with van der Waals surface area (Å²) in [6.07, 6.45) is 2.99. The number of ketones is 2. The number of benzene rings is 1. The first-order chi connectivity index (χ1) is 18.2. The summed E-state index contributed by atoms with van der Waals surface area (Å²) in [7, 11) is 0. The molecule has 1 amide bonds. The Morgan fingerprint density at radius 3 is 2.55 bits per heavy atom. The van der Waals surface area contributed by atoms with Crippen LogP contribution in [0.2, 0.25) is 0 Å². The van der Waals surface area contributed by atoms with Gasteiger partial charge in [-0.05, 0) is 36.5 Å². The maximum absolute atomic E-state index is 14.0. The van der Waals surface area contributed by atoms with Crippen molar-refractivity contribution in [3.63, 3.8) is 0 Å². The van der Waals surface area contributed by atoms with Crippen LogP contribution in [0.25, 0.3) is 17.2 Å². The number of carbonyl (C=O) groups excluding carboxylic acids is 3. The molecule has 6 rings (SSSR count). The number of oxazole rings is 1. The summed E-state index contributed by atoms with van der Waals surface area (Å²) in [5, 5.41) is 44.8. The Morgan fingerprint density at radius 2 is 1.89 bits per heavy atom. The number of carbonyl (C=O) groups is 3. The van der Waals surface area contributed by atoms with Gasteiger partial charge in [0.05, 0.1) is 31.0 Å². The zero-order valence-electron chi connectivity index (χ0n) is 20.1. The number of hydrogen-bond donors (Lipinski definition) is 5. The number of nitrogens with zero attached hydrogens (tertiary/aromatic N) is 2. The molecule has 3 aliphatic carbocycles. The molecule has 2 heterocycles. The van der Waals surface area contributed by atoms with Crippen LogP contribution in [0.4, 0.5) is 0 Å². The van der Waals surface area contributed by atoms with E-state index in [0.29, 0.717) is 37.4 Å². The normalized spacial score (nSPS) is 29.7. The van der Waals surface area contributed by atoms with Crippen molar-refractivity contribution in [3.05, 3.63) is 52.6 Å². The first kappa shape index (κ1) is 24.3. The number of hydrogen-bond acceptors (Lipinski definition) is 11. The Hall–Kier alpha value is -4.00. The van der Waals surface area contributed by atoms with Crippen molar-refractivity contribution in [1.82, 2.24) is 9.88 Å². The summed E-state index contributed by atoms with van der Waals surface area (Å²) in [4.78, 5) is 45.6. The smallest absolute Gasteiger partial charge is 0.255 e. The van der Waals surface area contributed by atoms with Crippen LogP contribution in [0.5, 0.6) is 5.75 Å². The lowest BCUT2D eigenvalue weighted by molar-refractivity contribution is -0.157. The molecule has 1 aromatic heterocycles. The van der Waals surface area contributed by atoms with Gasteiger partial charge < -0.3 is 35.3 Å². The van der Waals surface area contributed by atoms with E-state index in [1.54, 1.807) is 11.0 Å². The summed E-state index contributed by atoms with van der Waals surface area (Å²) >= 11 is 0. The van der Waals surface area contributed by atoms with Crippen LogP contribution in [0.3, 0.4) is 0 Å². The number of ether oxygens (including phenoxy) is 1. The lowest BCUT2D eigenvalue weighted by Crippen LogP contribution is -2.67. The highest BCUT2D eigenvalue weighted by molar-refractivity contribution is 6.24. The number of fused-ring (bicyclic) bond motifs is 3. The second-order valence-electron chi connectivity index (χ2n) is 9.97. The summed E-state index contributed by atoms with van der Waals surface area (Å²) in [5.41, 5.74) is 2.66. The Labute approximate surface area is 215 Å². The minimum atomic E-state index is -2.69. The molecule has 4 unspecified atom stereocenters. The van der Waals surface area contributed by atoms with Crippen molar-refractivity contribution >= 4 is 23.2 Å². The highest BCUT2D eigenvalue weighted by Crippen LogP contribution is 2.53. The number of aromatic nitrogens is 1. The SMILES string of the molecule is NC(=O)C1=C(O)C2(O)C(=O)C3=C(O)c4c(O)ccc(-c5ncco5)c4CC3CC2C(N2CCOCC2)C1=O. The first-order valence-corrected chi connectivity index (χ1v) is 12.2. The van der Waals surface area contributed by atoms with E-state index in [0.717, 1.165) is 0 Å². The fourth-order valence-electron chi connectivity index (χ4n) is 6.48. The van der Waals surface area contributed by atoms with Gasteiger partial charge in [-0.15, -0.1) is 0 Å². The third kappa shape index (κ3) is 3.20. The number of primary amides is 1. The van der Waals surface area contributed by atoms with E-state index < -0.39 is 58.0 Å². The number of aliphatic hydroxyl groups excluding tert-OH is 2. The average Bonchev–Trinajstić information content (AvgIpc) is 3.41. The molecule has 4 aliphatic rings. The molecule has 4 atom stereocenters. The molecule has 12 nitrogen and oxygen atoms in total. The van der Waals surface area contributed by atoms with E-state index in [4.69, 9.17) is 14.9 Å². The zero-order valence-corrected chi connectivity index (χ0v) is 20.1. The topological polar surface area (TPSA) is 197 Å². The molecule has 1 aromatic carbocycles. The number of nitrogens with two attached hydrogens (primary N) is 1. The van der Waals surface area contributed by atoms with Crippen LogP contribution >= 0.6 is 0 Å². The van der Waals surface area contributed by atoms with Gasteiger partial charge >= 0.3 is 0 Å². The van der Waals surface area contributed by atoms with E-state index in [2.05, 4.69) is 4.98 Å². The number of phenols is 1. The first-order valence-electron chi connectivity index (χ1n) is 12.2. The minimum Gasteiger partial charge on any atom is -0.508 e. The summed E-state index contributed by atoms with van der Waals surface area (Å²) in [5.74, 6) is -6.65. The molecule has 1 saturated carbocycles. The molecule has 0 bridgehead atoms. The molecule has 38 heavy (non-hydrogen) atoms. The van der Waals surface area contributed by atoms with E-state index in [-0.39, 0.29) is 35.6 Å². The number of Topliss-reactive ketones (excluding diaryl/α,β-unsaturated/α-hetero) is 2. The van der Waals surface area contributed by atoms with Gasteiger partial charge in [0.15, 0.2) is 11.4 Å². The van der Waals surface area contributed by atoms with Crippen LogP contribution in [0, 0.1) is 11.8 Å². The maximum Gasteiger partial charge on any atom is 0.255 e. The van der Waals surface area contributed by atoms with E-state index >= 15 is 0 Å². The highest BCUT2D eigenvalue weighted by atomic mass is 16.5. The van der Waals surface area contributed by atoms with E-state index in [1.165, 1.54) is 18.5 Å². The molecule has 2 aromatic rings. The summed E-state index contributed by atoms with van der Waals surface area (Å²) in [6, 6.07) is 1.79. The number of aliphatic hydroxyl groups is 3. The van der Waals surface area contributed by atoms with E-state index in [9.17, 15) is 34.8 Å². The fraction of sp³-hybridized carbons (Fsp3) is 0.385. The standard InChI is InChI=1S/C26H25N3O9/c27-24(35)18-21(32)19(29-4-7-37-8-5-29)14-10-11-9-13-12(25-28-3-6-38-25)1-2-15(30)17(13)20(31)16(11)22(33)26(14,36)23(18)34/h1-3,6,11,14,19,30-31,34,36H,4-5,7-10H2,(H2,27,35). The average molecular weight is 523 g/mol. The van der Waals surface area contributed by atoms with Crippen LogP contribution in [-0.2, 0) is 25.5 Å². The summed E-state index contributed by atoms with van der Waals surface area (Å²) in [6.45, 7) is 1.19. The molecule has 0 radical (unpaired) electrons. The summed E-state index contributed by atoms with van der Waals surface area (Å²) < 4.78 is 10.8. The molecule has 1 aliphatic heterocycles. The lowest BCUT2D eigenvalue weighted by Gasteiger charge is -2.51. The number of amides is 1. The predicted octanol–water partition coefficient (Wildman–Crippen LogP) is 0.390. The molecule has 1 saturated heterocycles. The van der Waals surface area contributed by atoms with Gasteiger partial charge in [0, 0.05) is 30.1 Å². The third-order valence-corrected chi connectivity index (χ3v) is 8.15. The molecule has 12 heteroatoms. The van der Waals surface area contributed by atoms with Crippen LogP contribution < -0.4 is 5.73 Å². The third-order valence-electron chi connectivity index (χ3n) is 8.15. The van der Waals surface area contributed by atoms with Gasteiger partial charge in [0.25, 0.3) is 5.91 Å². The van der Waals surface area contributed by atoms with Crippen molar-refractivity contribution in [2.45, 2.75) is 24.5 Å². The number of rotatable bonds is 3. The Morgan fingerprint density at radius 1 is 1.16 bits per heavy atom. The molecule has 6 N–H and O–H groups in total. The second kappa shape index (κ2) is 8.51. The van der Waals surface area contributed by atoms with Crippen molar-refractivity contribution in [2.75, 3.05) is 26.3 Å². The van der Waals surface area contributed by atoms with Gasteiger partial charge in [-0.2, -0.15) is 0 Å². The quantitative estimate of drug-likeness (QED) is 0.349. The number of morpholine rings is 1. The van der Waals surface area contributed by atoms with Crippen LogP contribution in [0.15, 0.2) is 45.9 Å². The molecular formula is C26H25N3O9. The largest absolute Gasteiger partial charge is 0.508 e. The van der Waals surface area contributed by atoms with Crippen molar-refractivity contribution in [1.29, 1.82) is 0 Å². The van der Waals surface area contributed by atoms with E-state index in [1.807, 2.05) is 0 Å². The Bertz CT molecular complexity index is 1440. The van der Waals surface area contributed by atoms with Crippen molar-refractivity contribution < 1.29 is 44.0 Å². The second-order valence-corrected chi connectivity index (χ2v) is 9.97. The monoisotopic (exact) mass is 523 g/mol. The maximum atomic E-state index is 14.0. The lowest BCUT2D eigenvalue weighted by atomic mass is 9.57. The van der Waals surface area contributed by atoms with Crippen molar-refractivity contribution in [3.8, 4) is 17.2 Å². The number of aromatic hydroxyl groups is 1. The molecular weight excluding hydrogens is 498 g/mol. The Balaban J connectivity index is 1.55. The molecule has 2 fully saturated rings. The fourth-order valence-corrected chi connectivity index (χ4v) is 6.48. The van der Waals surface area contributed by atoms with Gasteiger partial charge in [0.1, 0.15) is 29.1 Å². The number of phenolic OH excluding ortho intramolecular Hbond substituents is 1. The van der Waals surface area contributed by atoms with Crippen LogP contribution in [-0.4, -0.2) is 85.7 Å². The molecule has 198 valence electrons. The highest BCUT2D eigenvalue weighted by Gasteiger charge is 2.64. The van der Waals surface area contributed by atoms with Gasteiger partial charge in [-0.3, -0.25) is 19.3 Å². The van der Waals surface area contributed by atoms with Gasteiger partial charge in [0.2, 0.25) is 11.7 Å². The Kier molecular flexibility index (Phi) is 5.45. The van der Waals surface area contributed by atoms with Crippen molar-refractivity contribution in [2.24, 2.45) is 17.6 Å². The van der Waals surface area contributed by atoms with Crippen LogP contribution in [0.1, 0.15) is 17.5 Å². The van der Waals surface area contributed by atoms with Gasteiger partial charge in [-0.1, -0.05) is 0 Å².